The van der Waals surface area contributed by atoms with E-state index in [0.29, 0.717) is 12.3 Å². The van der Waals surface area contributed by atoms with Crippen molar-refractivity contribution in [3.8, 4) is 0 Å². The maximum Gasteiger partial charge on any atom is 0.306 e. The Morgan fingerprint density at radius 3 is 2.67 bits per heavy atom. The zero-order chi connectivity index (χ0) is 6.85. The Bertz CT molecular complexity index is 120. The van der Waals surface area contributed by atoms with Crippen molar-refractivity contribution in [3.63, 3.8) is 0 Å². The van der Waals surface area contributed by atoms with E-state index in [1.165, 1.54) is 0 Å². The van der Waals surface area contributed by atoms with Crippen molar-refractivity contribution in [1.82, 2.24) is 0 Å². The van der Waals surface area contributed by atoms with Gasteiger partial charge < -0.3 is 4.74 Å². The van der Waals surface area contributed by atoms with Gasteiger partial charge in [-0.15, -0.1) is 0 Å². The highest BCUT2D eigenvalue weighted by Gasteiger charge is 2.29. The first-order chi connectivity index (χ1) is 4.24. The van der Waals surface area contributed by atoms with Gasteiger partial charge in [0.15, 0.2) is 0 Å². The maximum absolute atomic E-state index is 10.6. The average molecular weight is 128 g/mol. The van der Waals surface area contributed by atoms with Crippen molar-refractivity contribution in [2.24, 2.45) is 5.92 Å². The van der Waals surface area contributed by atoms with E-state index in [0.717, 1.165) is 6.42 Å². The van der Waals surface area contributed by atoms with Gasteiger partial charge in [-0.05, 0) is 6.42 Å². The van der Waals surface area contributed by atoms with E-state index in [9.17, 15) is 4.79 Å². The molecule has 2 atom stereocenters. The summed E-state index contributed by atoms with van der Waals surface area (Å²) >= 11 is 0. The molecule has 0 spiro atoms. The molecule has 0 aromatic rings. The smallest absolute Gasteiger partial charge is 0.306 e. The summed E-state index contributed by atoms with van der Waals surface area (Å²) in [5.41, 5.74) is 0. The van der Waals surface area contributed by atoms with Crippen LogP contribution in [0.4, 0.5) is 0 Å². The number of rotatable bonds is 1. The van der Waals surface area contributed by atoms with Gasteiger partial charge in [-0.25, -0.2) is 0 Å². The minimum atomic E-state index is -0.0330. The molecular formula is C7H12O2. The lowest BCUT2D eigenvalue weighted by Gasteiger charge is -2.08. The Kier molecular flexibility index (Phi) is 1.74. The maximum atomic E-state index is 10.6. The van der Waals surface area contributed by atoms with Gasteiger partial charge in [0.2, 0.25) is 0 Å². The van der Waals surface area contributed by atoms with E-state index < -0.39 is 0 Å². The lowest BCUT2D eigenvalue weighted by Crippen LogP contribution is -2.10. The first-order valence-electron chi connectivity index (χ1n) is 3.43. The molecule has 1 fully saturated rings. The minimum Gasteiger partial charge on any atom is -0.462 e. The van der Waals surface area contributed by atoms with Gasteiger partial charge in [0.05, 0.1) is 6.42 Å². The van der Waals surface area contributed by atoms with E-state index in [-0.39, 0.29) is 12.1 Å². The number of ether oxygens (including phenoxy) is 1. The Labute approximate surface area is 55.2 Å². The van der Waals surface area contributed by atoms with Crippen LogP contribution in [-0.2, 0) is 9.53 Å². The number of carbonyl (C=O) groups is 1. The average Bonchev–Trinajstić information content (AvgIpc) is 2.10. The molecule has 1 heterocycles. The second kappa shape index (κ2) is 2.38. The molecule has 2 nitrogen and oxygen atoms in total. The molecule has 9 heavy (non-hydrogen) atoms. The molecule has 0 amide bonds. The molecule has 2 heteroatoms. The zero-order valence-corrected chi connectivity index (χ0v) is 5.89. The number of cyclic esters (lactones) is 1. The van der Waals surface area contributed by atoms with Gasteiger partial charge in [0.25, 0.3) is 0 Å². The van der Waals surface area contributed by atoms with Gasteiger partial charge in [-0.3, -0.25) is 4.79 Å². The lowest BCUT2D eigenvalue weighted by molar-refractivity contribution is -0.141. The molecule has 0 saturated carbocycles. The number of esters is 1. The van der Waals surface area contributed by atoms with Crippen molar-refractivity contribution >= 4 is 5.97 Å². The van der Waals surface area contributed by atoms with Crippen LogP contribution in [0, 0.1) is 5.92 Å². The second-order valence-electron chi connectivity index (χ2n) is 2.62. The van der Waals surface area contributed by atoms with Crippen LogP contribution in [0.3, 0.4) is 0 Å². The van der Waals surface area contributed by atoms with Gasteiger partial charge in [0, 0.05) is 5.92 Å². The Morgan fingerprint density at radius 1 is 1.78 bits per heavy atom. The molecule has 0 aromatic carbocycles. The SMILES string of the molecule is CCC1OC(=O)CC1C. The highest BCUT2D eigenvalue weighted by atomic mass is 16.5. The molecule has 52 valence electrons. The summed E-state index contributed by atoms with van der Waals surface area (Å²) in [5.74, 6) is 0.400. The van der Waals surface area contributed by atoms with Crippen LogP contribution < -0.4 is 0 Å². The molecular weight excluding hydrogens is 116 g/mol. The summed E-state index contributed by atoms with van der Waals surface area (Å²) in [7, 11) is 0. The molecule has 0 N–H and O–H groups in total. The van der Waals surface area contributed by atoms with Gasteiger partial charge in [-0.2, -0.15) is 0 Å². The van der Waals surface area contributed by atoms with Gasteiger partial charge in [-0.1, -0.05) is 13.8 Å². The highest BCUT2D eigenvalue weighted by molar-refractivity contribution is 5.71. The van der Waals surface area contributed by atoms with Crippen LogP contribution in [0.5, 0.6) is 0 Å². The van der Waals surface area contributed by atoms with E-state index in [2.05, 4.69) is 6.92 Å². The topological polar surface area (TPSA) is 26.3 Å². The summed E-state index contributed by atoms with van der Waals surface area (Å²) in [4.78, 5) is 10.6. The van der Waals surface area contributed by atoms with Crippen LogP contribution >= 0.6 is 0 Å². The van der Waals surface area contributed by atoms with E-state index in [1.807, 2.05) is 6.92 Å². The van der Waals surface area contributed by atoms with Crippen molar-refractivity contribution in [3.05, 3.63) is 0 Å². The molecule has 1 aliphatic rings. The summed E-state index contributed by atoms with van der Waals surface area (Å²) in [6.45, 7) is 4.10. The third-order valence-electron chi connectivity index (χ3n) is 1.81. The fraction of sp³-hybridized carbons (Fsp3) is 0.857. The Hall–Kier alpha value is -0.530. The first kappa shape index (κ1) is 6.59. The van der Waals surface area contributed by atoms with E-state index >= 15 is 0 Å². The van der Waals surface area contributed by atoms with Crippen molar-refractivity contribution in [2.75, 3.05) is 0 Å². The number of carbonyl (C=O) groups excluding carboxylic acids is 1. The number of hydrogen-bond acceptors (Lipinski definition) is 2. The third-order valence-corrected chi connectivity index (χ3v) is 1.81. The molecule has 1 saturated heterocycles. The fourth-order valence-corrected chi connectivity index (χ4v) is 1.21. The van der Waals surface area contributed by atoms with Gasteiger partial charge >= 0.3 is 5.97 Å². The van der Waals surface area contributed by atoms with Crippen LogP contribution in [0.1, 0.15) is 26.7 Å². The molecule has 0 radical (unpaired) electrons. The normalized spacial score (nSPS) is 34.7. The quantitative estimate of drug-likeness (QED) is 0.498. The minimum absolute atomic E-state index is 0.0330. The van der Waals surface area contributed by atoms with E-state index in [1.54, 1.807) is 0 Å². The zero-order valence-electron chi connectivity index (χ0n) is 5.89. The van der Waals surface area contributed by atoms with Crippen molar-refractivity contribution in [1.29, 1.82) is 0 Å². The van der Waals surface area contributed by atoms with Crippen molar-refractivity contribution in [2.45, 2.75) is 32.8 Å². The second-order valence-corrected chi connectivity index (χ2v) is 2.62. The summed E-state index contributed by atoms with van der Waals surface area (Å²) < 4.78 is 4.98. The van der Waals surface area contributed by atoms with Crippen molar-refractivity contribution < 1.29 is 9.53 Å². The van der Waals surface area contributed by atoms with Gasteiger partial charge in [0.1, 0.15) is 6.10 Å². The standard InChI is InChI=1S/C7H12O2/c1-3-6-5(2)4-7(8)9-6/h5-6H,3-4H2,1-2H3. The predicted molar refractivity (Wildman–Crippen MR) is 34.0 cm³/mol. The molecule has 0 aliphatic carbocycles. The molecule has 0 aromatic heterocycles. The van der Waals surface area contributed by atoms with E-state index in [4.69, 9.17) is 4.74 Å². The monoisotopic (exact) mass is 128 g/mol. The van der Waals surface area contributed by atoms with Crippen LogP contribution in [0.25, 0.3) is 0 Å². The molecule has 0 bridgehead atoms. The summed E-state index contributed by atoms with van der Waals surface area (Å²) in [6, 6.07) is 0. The summed E-state index contributed by atoms with van der Waals surface area (Å²) in [6.07, 6.45) is 1.75. The summed E-state index contributed by atoms with van der Waals surface area (Å²) in [5, 5.41) is 0. The lowest BCUT2D eigenvalue weighted by atomic mass is 10.0. The molecule has 2 unspecified atom stereocenters. The third kappa shape index (κ3) is 1.23. The number of hydrogen-bond donors (Lipinski definition) is 0. The molecule has 1 rings (SSSR count). The van der Waals surface area contributed by atoms with Crippen LogP contribution in [-0.4, -0.2) is 12.1 Å². The largest absolute Gasteiger partial charge is 0.462 e. The molecule has 1 aliphatic heterocycles. The first-order valence-corrected chi connectivity index (χ1v) is 3.43. The Balaban J connectivity index is 2.47. The van der Waals surface area contributed by atoms with Crippen LogP contribution in [0.2, 0.25) is 0 Å². The fourth-order valence-electron chi connectivity index (χ4n) is 1.21. The Morgan fingerprint density at radius 2 is 2.44 bits per heavy atom. The predicted octanol–water partition coefficient (Wildman–Crippen LogP) is 1.35. The van der Waals surface area contributed by atoms with Crippen LogP contribution in [0.15, 0.2) is 0 Å². The highest BCUT2D eigenvalue weighted by Crippen LogP contribution is 2.23.